The second kappa shape index (κ2) is 8.36. The van der Waals surface area contributed by atoms with Gasteiger partial charge in [-0.25, -0.2) is 0 Å². The minimum atomic E-state index is -1.04. The summed E-state index contributed by atoms with van der Waals surface area (Å²) in [5.41, 5.74) is -1.17. The fourth-order valence-corrected chi connectivity index (χ4v) is 6.39. The first kappa shape index (κ1) is 22.8. The van der Waals surface area contributed by atoms with Crippen molar-refractivity contribution in [2.24, 2.45) is 11.8 Å². The topological polar surface area (TPSA) is 108 Å². The van der Waals surface area contributed by atoms with Crippen LogP contribution in [0.25, 0.3) is 10.8 Å². The maximum Gasteiger partial charge on any atom is 0.250 e. The first-order chi connectivity index (χ1) is 16.3. The molecule has 1 spiro atoms. The Balaban J connectivity index is 1.50. The molecule has 2 aromatic rings. The minimum Gasteiger partial charge on any atom is -0.396 e. The number of anilines is 1. The molecule has 8 nitrogen and oxygen atoms in total. The molecule has 3 heterocycles. The van der Waals surface area contributed by atoms with Crippen LogP contribution < -0.4 is 10.6 Å². The molecule has 0 saturated carbocycles. The molecular weight excluding hydrogens is 434 g/mol. The Kier molecular flexibility index (Phi) is 5.61. The molecule has 3 aliphatic heterocycles. The van der Waals surface area contributed by atoms with Gasteiger partial charge in [0.05, 0.1) is 17.4 Å². The highest BCUT2D eigenvalue weighted by atomic mass is 16.5. The maximum atomic E-state index is 13.8. The van der Waals surface area contributed by atoms with Gasteiger partial charge in [0.1, 0.15) is 11.6 Å². The van der Waals surface area contributed by atoms with Gasteiger partial charge in [-0.2, -0.15) is 0 Å². The van der Waals surface area contributed by atoms with E-state index in [0.29, 0.717) is 37.9 Å². The summed E-state index contributed by atoms with van der Waals surface area (Å²) >= 11 is 0. The molecule has 34 heavy (non-hydrogen) atoms. The second-order valence-electron chi connectivity index (χ2n) is 9.86. The molecule has 0 aromatic heterocycles. The zero-order valence-electron chi connectivity index (χ0n) is 19.5. The molecule has 8 heteroatoms. The minimum absolute atomic E-state index is 0.0139. The van der Waals surface area contributed by atoms with Crippen molar-refractivity contribution >= 4 is 34.2 Å². The predicted octanol–water partition coefficient (Wildman–Crippen LogP) is 2.06. The van der Waals surface area contributed by atoms with Crippen molar-refractivity contribution in [3.8, 4) is 0 Å². The van der Waals surface area contributed by atoms with Crippen LogP contribution in [0.4, 0.5) is 5.69 Å². The SMILES string of the molecule is CNC(=O)[C@@H]1[C@H]2C(=O)N(CCCCO)C(C(=O)Nc3ccc4ccccc4c3)C23CC[C@@]1(C)O3. The van der Waals surface area contributed by atoms with Gasteiger partial charge in [0.15, 0.2) is 0 Å². The van der Waals surface area contributed by atoms with Crippen LogP contribution in [-0.4, -0.2) is 65.2 Å². The highest BCUT2D eigenvalue weighted by Crippen LogP contribution is 2.63. The molecule has 3 fully saturated rings. The van der Waals surface area contributed by atoms with Gasteiger partial charge in [-0.3, -0.25) is 14.4 Å². The molecule has 0 radical (unpaired) electrons. The van der Waals surface area contributed by atoms with E-state index >= 15 is 0 Å². The van der Waals surface area contributed by atoms with Gasteiger partial charge in [-0.05, 0) is 55.5 Å². The number of hydrogen-bond donors (Lipinski definition) is 3. The number of likely N-dealkylation sites (tertiary alicyclic amines) is 1. The Morgan fingerprint density at radius 3 is 2.62 bits per heavy atom. The van der Waals surface area contributed by atoms with Crippen LogP contribution in [0, 0.1) is 11.8 Å². The highest BCUT2D eigenvalue weighted by molar-refractivity contribution is 6.04. The van der Waals surface area contributed by atoms with Gasteiger partial charge in [-0.1, -0.05) is 30.3 Å². The monoisotopic (exact) mass is 465 g/mol. The molecular formula is C26H31N3O5. The number of benzene rings is 2. The highest BCUT2D eigenvalue weighted by Gasteiger charge is 2.77. The fourth-order valence-electron chi connectivity index (χ4n) is 6.39. The van der Waals surface area contributed by atoms with Crippen LogP contribution in [0.5, 0.6) is 0 Å². The predicted molar refractivity (Wildman–Crippen MR) is 127 cm³/mol. The number of carbonyl (C=O) groups excluding carboxylic acids is 3. The number of rotatable bonds is 7. The number of fused-ring (bicyclic) bond motifs is 2. The molecule has 180 valence electrons. The molecule has 3 amide bonds. The van der Waals surface area contributed by atoms with E-state index in [1.54, 1.807) is 11.9 Å². The number of aliphatic hydroxyl groups is 1. The summed E-state index contributed by atoms with van der Waals surface area (Å²) < 4.78 is 6.52. The van der Waals surface area contributed by atoms with Crippen LogP contribution in [0.15, 0.2) is 42.5 Å². The Morgan fingerprint density at radius 1 is 1.12 bits per heavy atom. The lowest BCUT2D eigenvalue weighted by Gasteiger charge is -2.33. The van der Waals surface area contributed by atoms with E-state index in [0.717, 1.165) is 10.8 Å². The van der Waals surface area contributed by atoms with Crippen molar-refractivity contribution in [2.45, 2.75) is 49.9 Å². The van der Waals surface area contributed by atoms with E-state index in [-0.39, 0.29) is 24.3 Å². The average Bonchev–Trinajstić information content (AvgIpc) is 3.39. The summed E-state index contributed by atoms with van der Waals surface area (Å²) in [5, 5.41) is 17.0. The van der Waals surface area contributed by atoms with E-state index in [2.05, 4.69) is 10.6 Å². The molecule has 3 aliphatic rings. The van der Waals surface area contributed by atoms with Gasteiger partial charge >= 0.3 is 0 Å². The molecule has 5 rings (SSSR count). The summed E-state index contributed by atoms with van der Waals surface area (Å²) in [4.78, 5) is 41.9. The fraction of sp³-hybridized carbons (Fsp3) is 0.500. The maximum absolute atomic E-state index is 13.8. The number of amides is 3. The lowest BCUT2D eigenvalue weighted by Crippen LogP contribution is -2.53. The van der Waals surface area contributed by atoms with Crippen molar-refractivity contribution in [3.05, 3.63) is 42.5 Å². The van der Waals surface area contributed by atoms with Gasteiger partial charge in [0.25, 0.3) is 0 Å². The molecule has 2 bridgehead atoms. The number of hydrogen-bond acceptors (Lipinski definition) is 5. The largest absolute Gasteiger partial charge is 0.396 e. The van der Waals surface area contributed by atoms with Crippen LogP contribution in [0.2, 0.25) is 0 Å². The third kappa shape index (κ3) is 3.31. The Morgan fingerprint density at radius 2 is 1.88 bits per heavy atom. The van der Waals surface area contributed by atoms with E-state index in [9.17, 15) is 19.5 Å². The van der Waals surface area contributed by atoms with Gasteiger partial charge in [-0.15, -0.1) is 0 Å². The summed E-state index contributed by atoms with van der Waals surface area (Å²) in [7, 11) is 1.56. The number of ether oxygens (including phenoxy) is 1. The average molecular weight is 466 g/mol. The molecule has 2 aromatic carbocycles. The van der Waals surface area contributed by atoms with Crippen LogP contribution in [-0.2, 0) is 19.1 Å². The third-order valence-electron chi connectivity index (χ3n) is 7.88. The lowest BCUT2D eigenvalue weighted by molar-refractivity contribution is -0.144. The van der Waals surface area contributed by atoms with E-state index in [1.165, 1.54) is 0 Å². The molecule has 5 atom stereocenters. The van der Waals surface area contributed by atoms with Crippen molar-refractivity contribution in [1.29, 1.82) is 0 Å². The number of carbonyl (C=O) groups is 3. The Hall–Kier alpha value is -2.97. The summed E-state index contributed by atoms with van der Waals surface area (Å²) in [6.07, 6.45) is 2.24. The third-order valence-corrected chi connectivity index (χ3v) is 7.88. The quantitative estimate of drug-likeness (QED) is 0.543. The molecule has 3 N–H and O–H groups in total. The van der Waals surface area contributed by atoms with Crippen LogP contribution >= 0.6 is 0 Å². The number of nitrogens with zero attached hydrogens (tertiary/aromatic N) is 1. The van der Waals surface area contributed by atoms with Crippen molar-refractivity contribution in [2.75, 3.05) is 25.5 Å². The zero-order valence-corrected chi connectivity index (χ0v) is 19.5. The van der Waals surface area contributed by atoms with E-state index < -0.39 is 29.1 Å². The summed E-state index contributed by atoms with van der Waals surface area (Å²) in [5.74, 6) is -2.09. The normalized spacial score (nSPS) is 31.7. The second-order valence-corrected chi connectivity index (χ2v) is 9.86. The number of unbranched alkanes of at least 4 members (excludes halogenated alkanes) is 1. The van der Waals surface area contributed by atoms with E-state index in [4.69, 9.17) is 4.74 Å². The summed E-state index contributed by atoms with van der Waals surface area (Å²) in [6.45, 7) is 2.22. The smallest absolute Gasteiger partial charge is 0.250 e. The van der Waals surface area contributed by atoms with Crippen LogP contribution in [0.3, 0.4) is 0 Å². The lowest BCUT2D eigenvalue weighted by atomic mass is 9.66. The summed E-state index contributed by atoms with van der Waals surface area (Å²) in [6, 6.07) is 12.8. The first-order valence-electron chi connectivity index (χ1n) is 12.0. The number of nitrogens with one attached hydrogen (secondary N) is 2. The first-order valence-corrected chi connectivity index (χ1v) is 12.0. The van der Waals surface area contributed by atoms with E-state index in [1.807, 2.05) is 49.4 Å². The molecule has 2 unspecified atom stereocenters. The standard InChI is InChI=1S/C26H31N3O5/c1-25-11-12-26(34-25)20(19(25)22(31)27-2)24(33)29(13-5-6-14-30)21(26)23(32)28-18-10-9-16-7-3-4-8-17(16)15-18/h3-4,7-10,15,19-21,30H,5-6,11-14H2,1-2H3,(H,27,31)(H,28,32)/t19-,20-,21?,25+,26?/m0/s1. The van der Waals surface area contributed by atoms with Gasteiger partial charge < -0.3 is 25.4 Å². The molecule has 0 aliphatic carbocycles. The van der Waals surface area contributed by atoms with Crippen molar-refractivity contribution < 1.29 is 24.2 Å². The van der Waals surface area contributed by atoms with Crippen molar-refractivity contribution in [3.63, 3.8) is 0 Å². The van der Waals surface area contributed by atoms with Gasteiger partial charge in [0.2, 0.25) is 17.7 Å². The Labute approximate surface area is 198 Å². The van der Waals surface area contributed by atoms with Crippen molar-refractivity contribution in [1.82, 2.24) is 10.2 Å². The zero-order chi connectivity index (χ0) is 24.1. The Bertz CT molecular complexity index is 1150. The van der Waals surface area contributed by atoms with Crippen LogP contribution in [0.1, 0.15) is 32.6 Å². The number of aliphatic hydroxyl groups excluding tert-OH is 1. The van der Waals surface area contributed by atoms with Gasteiger partial charge in [0, 0.05) is 25.9 Å². The molecule has 3 saturated heterocycles.